The SMILES string of the molecule is CC1CCC(CNC(C(=O)O)c2ccccc2)C1. The highest BCUT2D eigenvalue weighted by atomic mass is 16.4. The molecule has 0 amide bonds. The Hall–Kier alpha value is -1.35. The predicted molar refractivity (Wildman–Crippen MR) is 71.3 cm³/mol. The van der Waals surface area contributed by atoms with E-state index in [4.69, 9.17) is 0 Å². The molecule has 1 aliphatic carbocycles. The molecule has 0 aliphatic heterocycles. The van der Waals surface area contributed by atoms with Crippen LogP contribution in [0.5, 0.6) is 0 Å². The molecule has 1 fully saturated rings. The normalized spacial score (nSPS) is 24.9. The zero-order chi connectivity index (χ0) is 13.0. The van der Waals surface area contributed by atoms with Crippen LogP contribution in [0, 0.1) is 11.8 Å². The molecule has 1 saturated carbocycles. The van der Waals surface area contributed by atoms with Crippen LogP contribution >= 0.6 is 0 Å². The van der Waals surface area contributed by atoms with E-state index in [1.807, 2.05) is 30.3 Å². The Kier molecular flexibility index (Phi) is 4.37. The van der Waals surface area contributed by atoms with E-state index in [0.717, 1.165) is 18.0 Å². The third-order valence-corrected chi connectivity index (χ3v) is 3.79. The van der Waals surface area contributed by atoms with Gasteiger partial charge in [-0.3, -0.25) is 4.79 Å². The van der Waals surface area contributed by atoms with Crippen LogP contribution in [0.15, 0.2) is 30.3 Å². The van der Waals surface area contributed by atoms with E-state index in [-0.39, 0.29) is 0 Å². The first-order valence-electron chi connectivity index (χ1n) is 6.68. The summed E-state index contributed by atoms with van der Waals surface area (Å²) >= 11 is 0. The van der Waals surface area contributed by atoms with Gasteiger partial charge >= 0.3 is 5.97 Å². The standard InChI is InChI=1S/C15H21NO2/c1-11-7-8-12(9-11)10-16-14(15(17)18)13-5-3-2-4-6-13/h2-6,11-12,14,16H,7-10H2,1H3,(H,17,18). The zero-order valence-corrected chi connectivity index (χ0v) is 10.8. The summed E-state index contributed by atoms with van der Waals surface area (Å²) in [4.78, 5) is 11.3. The van der Waals surface area contributed by atoms with E-state index in [9.17, 15) is 9.90 Å². The molecule has 0 saturated heterocycles. The predicted octanol–water partition coefficient (Wildman–Crippen LogP) is 2.84. The van der Waals surface area contributed by atoms with Crippen LogP contribution in [-0.2, 0) is 4.79 Å². The molecule has 3 atom stereocenters. The van der Waals surface area contributed by atoms with Crippen molar-refractivity contribution in [1.82, 2.24) is 5.32 Å². The van der Waals surface area contributed by atoms with E-state index < -0.39 is 12.0 Å². The first-order valence-corrected chi connectivity index (χ1v) is 6.68. The summed E-state index contributed by atoms with van der Waals surface area (Å²) in [6, 6.07) is 8.81. The molecule has 3 unspecified atom stereocenters. The van der Waals surface area contributed by atoms with Gasteiger partial charge in [0.25, 0.3) is 0 Å². The van der Waals surface area contributed by atoms with Gasteiger partial charge in [0.1, 0.15) is 6.04 Å². The van der Waals surface area contributed by atoms with Crippen LogP contribution < -0.4 is 5.32 Å². The third-order valence-electron chi connectivity index (χ3n) is 3.79. The molecule has 0 aromatic heterocycles. The number of carboxylic acids is 1. The molecule has 0 bridgehead atoms. The van der Waals surface area contributed by atoms with Crippen LogP contribution in [0.25, 0.3) is 0 Å². The lowest BCUT2D eigenvalue weighted by atomic mass is 10.0. The zero-order valence-electron chi connectivity index (χ0n) is 10.8. The quantitative estimate of drug-likeness (QED) is 0.841. The van der Waals surface area contributed by atoms with Crippen molar-refractivity contribution in [3.05, 3.63) is 35.9 Å². The van der Waals surface area contributed by atoms with Crippen LogP contribution in [0.4, 0.5) is 0 Å². The summed E-state index contributed by atoms with van der Waals surface area (Å²) in [7, 11) is 0. The average molecular weight is 247 g/mol. The number of carboxylic acid groups (broad SMARTS) is 1. The Labute approximate surface area is 108 Å². The van der Waals surface area contributed by atoms with Crippen LogP contribution in [0.1, 0.15) is 37.8 Å². The van der Waals surface area contributed by atoms with Crippen molar-refractivity contribution in [2.45, 2.75) is 32.2 Å². The van der Waals surface area contributed by atoms with Gasteiger partial charge in [-0.05, 0) is 36.8 Å². The summed E-state index contributed by atoms with van der Waals surface area (Å²) in [5.41, 5.74) is 0.830. The minimum atomic E-state index is -0.799. The fraction of sp³-hybridized carbons (Fsp3) is 0.533. The summed E-state index contributed by atoms with van der Waals surface area (Å²) in [6.07, 6.45) is 3.71. The molecule has 0 heterocycles. The fourth-order valence-corrected chi connectivity index (χ4v) is 2.79. The van der Waals surface area contributed by atoms with E-state index >= 15 is 0 Å². The molecular formula is C15H21NO2. The fourth-order valence-electron chi connectivity index (χ4n) is 2.79. The van der Waals surface area contributed by atoms with Crippen LogP contribution in [0.3, 0.4) is 0 Å². The molecule has 1 aliphatic rings. The number of hydrogen-bond donors (Lipinski definition) is 2. The maximum atomic E-state index is 11.3. The second kappa shape index (κ2) is 6.01. The van der Waals surface area contributed by atoms with Gasteiger partial charge in [-0.25, -0.2) is 0 Å². The molecule has 18 heavy (non-hydrogen) atoms. The Morgan fingerprint density at radius 1 is 1.39 bits per heavy atom. The Morgan fingerprint density at radius 2 is 2.11 bits per heavy atom. The minimum absolute atomic E-state index is 0.581. The maximum Gasteiger partial charge on any atom is 0.325 e. The van der Waals surface area contributed by atoms with Gasteiger partial charge in [0, 0.05) is 0 Å². The van der Waals surface area contributed by atoms with Gasteiger partial charge in [-0.15, -0.1) is 0 Å². The van der Waals surface area contributed by atoms with Gasteiger partial charge in [0.05, 0.1) is 0 Å². The second-order valence-corrected chi connectivity index (χ2v) is 5.37. The average Bonchev–Trinajstić information content (AvgIpc) is 2.76. The molecular weight excluding hydrogens is 226 g/mol. The van der Waals surface area contributed by atoms with Crippen LogP contribution in [-0.4, -0.2) is 17.6 Å². The molecule has 0 radical (unpaired) electrons. The minimum Gasteiger partial charge on any atom is -0.480 e. The highest BCUT2D eigenvalue weighted by Gasteiger charge is 2.24. The number of carbonyl (C=O) groups is 1. The Bertz CT molecular complexity index is 391. The molecule has 2 rings (SSSR count). The van der Waals surface area contributed by atoms with Gasteiger partial charge < -0.3 is 10.4 Å². The van der Waals surface area contributed by atoms with Crippen molar-refractivity contribution in [2.24, 2.45) is 11.8 Å². The van der Waals surface area contributed by atoms with E-state index in [0.29, 0.717) is 5.92 Å². The Morgan fingerprint density at radius 3 is 2.67 bits per heavy atom. The third kappa shape index (κ3) is 3.33. The molecule has 2 N–H and O–H groups in total. The first kappa shape index (κ1) is 13.1. The topological polar surface area (TPSA) is 49.3 Å². The lowest BCUT2D eigenvalue weighted by molar-refractivity contribution is -0.139. The Balaban J connectivity index is 1.93. The molecule has 0 spiro atoms. The number of hydrogen-bond acceptors (Lipinski definition) is 2. The summed E-state index contributed by atoms with van der Waals surface area (Å²) in [6.45, 7) is 3.07. The van der Waals surface area contributed by atoms with Crippen molar-refractivity contribution in [3.63, 3.8) is 0 Å². The van der Waals surface area contributed by atoms with Crippen LogP contribution in [0.2, 0.25) is 0 Å². The van der Waals surface area contributed by atoms with Gasteiger partial charge in [0.15, 0.2) is 0 Å². The summed E-state index contributed by atoms with van der Waals surface area (Å²) in [5, 5.41) is 12.5. The van der Waals surface area contributed by atoms with E-state index in [1.165, 1.54) is 19.3 Å². The number of aliphatic carboxylic acids is 1. The molecule has 1 aromatic carbocycles. The molecule has 3 nitrogen and oxygen atoms in total. The lowest BCUT2D eigenvalue weighted by Gasteiger charge is -2.17. The van der Waals surface area contributed by atoms with Crippen molar-refractivity contribution >= 4 is 5.97 Å². The highest BCUT2D eigenvalue weighted by molar-refractivity contribution is 5.75. The van der Waals surface area contributed by atoms with Crippen molar-refractivity contribution in [3.8, 4) is 0 Å². The van der Waals surface area contributed by atoms with E-state index in [2.05, 4.69) is 12.2 Å². The summed E-state index contributed by atoms with van der Waals surface area (Å²) in [5.74, 6) is 0.620. The molecule has 98 valence electrons. The van der Waals surface area contributed by atoms with Gasteiger partial charge in [-0.2, -0.15) is 0 Å². The van der Waals surface area contributed by atoms with Gasteiger partial charge in [0.2, 0.25) is 0 Å². The first-order chi connectivity index (χ1) is 8.66. The van der Waals surface area contributed by atoms with Crippen molar-refractivity contribution in [1.29, 1.82) is 0 Å². The van der Waals surface area contributed by atoms with Crippen molar-refractivity contribution in [2.75, 3.05) is 6.54 Å². The smallest absolute Gasteiger partial charge is 0.325 e. The number of nitrogens with one attached hydrogen (secondary N) is 1. The second-order valence-electron chi connectivity index (χ2n) is 5.37. The van der Waals surface area contributed by atoms with Crippen molar-refractivity contribution < 1.29 is 9.90 Å². The largest absolute Gasteiger partial charge is 0.480 e. The lowest BCUT2D eigenvalue weighted by Crippen LogP contribution is -2.32. The number of rotatable bonds is 5. The molecule has 1 aromatic rings. The van der Waals surface area contributed by atoms with Gasteiger partial charge in [-0.1, -0.05) is 43.7 Å². The monoisotopic (exact) mass is 247 g/mol. The maximum absolute atomic E-state index is 11.3. The number of benzene rings is 1. The summed E-state index contributed by atoms with van der Waals surface area (Å²) < 4.78 is 0. The van der Waals surface area contributed by atoms with E-state index in [1.54, 1.807) is 0 Å². The molecule has 3 heteroatoms. The highest BCUT2D eigenvalue weighted by Crippen LogP contribution is 2.30.